The average molecular weight is 850 g/mol. The molecule has 11 atom stereocenters. The first-order chi connectivity index (χ1) is 28.4. The summed E-state index contributed by atoms with van der Waals surface area (Å²) < 4.78 is 35.6. The Balaban J connectivity index is 1.54. The highest BCUT2D eigenvalue weighted by molar-refractivity contribution is 5.95. The van der Waals surface area contributed by atoms with E-state index in [2.05, 4.69) is 5.32 Å². The minimum Gasteiger partial charge on any atom is -0.456 e. The smallest absolute Gasteiger partial charge is 0.408 e. The molecule has 4 aliphatic rings. The van der Waals surface area contributed by atoms with Gasteiger partial charge in [-0.05, 0) is 63.5 Å². The van der Waals surface area contributed by atoms with E-state index in [1.807, 2.05) is 0 Å². The zero-order valence-electron chi connectivity index (χ0n) is 35.8. The van der Waals surface area contributed by atoms with Gasteiger partial charge in [0.25, 0.3) is 0 Å². The number of nitrogens with one attached hydrogen (secondary N) is 1. The van der Waals surface area contributed by atoms with Crippen LogP contribution in [0, 0.1) is 16.7 Å². The number of hydrogen-bond donors (Lipinski definition) is 4. The number of ether oxygens (including phenoxy) is 6. The minimum absolute atomic E-state index is 0.0126. The van der Waals surface area contributed by atoms with Gasteiger partial charge in [-0.15, -0.1) is 0 Å². The summed E-state index contributed by atoms with van der Waals surface area (Å²) in [7, 11) is 0. The van der Waals surface area contributed by atoms with E-state index in [-0.39, 0.29) is 29.7 Å². The molecule has 0 radical (unpaired) electrons. The largest absolute Gasteiger partial charge is 0.456 e. The topological polar surface area (TPSA) is 231 Å². The maximum Gasteiger partial charge on any atom is 0.408 e. The van der Waals surface area contributed by atoms with Gasteiger partial charge in [0.2, 0.25) is 0 Å². The van der Waals surface area contributed by atoms with Crippen LogP contribution in [-0.2, 0) is 47.6 Å². The monoisotopic (exact) mass is 849 g/mol. The van der Waals surface area contributed by atoms with E-state index in [9.17, 15) is 39.3 Å². The Kier molecular flexibility index (Phi) is 12.1. The lowest BCUT2D eigenvalue weighted by Gasteiger charge is -2.67. The molecule has 16 heteroatoms. The Hall–Kier alpha value is -5.16. The first-order valence-corrected chi connectivity index (χ1v) is 20.2. The van der Waals surface area contributed by atoms with Gasteiger partial charge in [-0.25, -0.2) is 14.4 Å². The molecule has 0 aromatic heterocycles. The van der Waals surface area contributed by atoms with Crippen LogP contribution < -0.4 is 5.32 Å². The maximum atomic E-state index is 15.5. The highest BCUT2D eigenvalue weighted by Gasteiger charge is 2.78. The number of esters is 4. The highest BCUT2D eigenvalue weighted by Crippen LogP contribution is 2.64. The van der Waals surface area contributed by atoms with Gasteiger partial charge in [0.15, 0.2) is 23.6 Å². The summed E-state index contributed by atoms with van der Waals surface area (Å²) in [6.45, 7) is 12.9. The number of Topliss-reactive ketones (excluding diaryl/α,β-unsaturated/α-hetero) is 1. The number of ketones is 1. The van der Waals surface area contributed by atoms with Crippen LogP contribution >= 0.6 is 0 Å². The number of alkyl carbamates (subject to hydrolysis) is 1. The Morgan fingerprint density at radius 1 is 0.902 bits per heavy atom. The fraction of sp³-hybridized carbons (Fsp3) is 0.556. The van der Waals surface area contributed by atoms with E-state index < -0.39 is 118 Å². The molecule has 6 rings (SSSR count). The molecule has 0 unspecified atom stereocenters. The van der Waals surface area contributed by atoms with Crippen LogP contribution in [0.5, 0.6) is 0 Å². The van der Waals surface area contributed by atoms with Crippen LogP contribution in [0.15, 0.2) is 71.8 Å². The van der Waals surface area contributed by atoms with Crippen LogP contribution in [0.25, 0.3) is 0 Å². The number of rotatable bonds is 9. The molecule has 3 fully saturated rings. The van der Waals surface area contributed by atoms with Gasteiger partial charge in [0.1, 0.15) is 29.5 Å². The summed E-state index contributed by atoms with van der Waals surface area (Å²) in [4.78, 5) is 82.9. The molecule has 330 valence electrons. The van der Waals surface area contributed by atoms with Crippen molar-refractivity contribution >= 4 is 35.8 Å². The standard InChI is InChI=1S/C45H55NO15/c1-23-28(58-39(53)33(50)32(26-16-12-10-13-17-26)46-40(54)61-41(4,5)6)21-45(55)37(59-38(52)27-18-14-11-15-19-27)35-43(9,29(49)20-30-44(35,22-56-30)60-25(3)48)36(51)34(57-24(2)47)31(23)42(45,7)8/h10-19,28-30,32-35,37,49-50,55H,20-22H2,1-9H3,(H,46,54)/t28-,29+,30-,32+,33-,34-,35-,37+,43-,44-,45-/m1/s1. The molecule has 2 saturated carbocycles. The maximum absolute atomic E-state index is 15.5. The summed E-state index contributed by atoms with van der Waals surface area (Å²) in [6, 6.07) is 14.5. The Labute approximate surface area is 353 Å². The number of aliphatic hydroxyl groups is 3. The van der Waals surface area contributed by atoms with Gasteiger partial charge in [-0.1, -0.05) is 62.4 Å². The number of carbonyl (C=O) groups is 6. The first kappa shape index (κ1) is 45.4. The van der Waals surface area contributed by atoms with Crippen LogP contribution in [-0.4, -0.2) is 111 Å². The molecule has 16 nitrogen and oxygen atoms in total. The summed E-state index contributed by atoms with van der Waals surface area (Å²) in [5.41, 5.74) is -8.30. The average Bonchev–Trinajstić information content (AvgIpc) is 3.17. The third-order valence-electron chi connectivity index (χ3n) is 12.8. The SMILES string of the molecule is CC(=O)O[C@H]1C(=O)[C@]2(C)[C@@H](O)C[C@H]3OC[C@]3(OC(C)=O)[C@@H]2[C@H](OC(=O)c2ccccc2)[C@]2(O)C[C@@H](OC(=O)[C@H](O)[C@@H](NC(=O)OC(C)(C)C)c3ccccc3)C(C)=C1C2(C)C. The van der Waals surface area contributed by atoms with Gasteiger partial charge in [-0.2, -0.15) is 0 Å². The molecule has 2 bridgehead atoms. The zero-order chi connectivity index (χ0) is 45.0. The lowest BCUT2D eigenvalue weighted by molar-refractivity contribution is -0.346. The zero-order valence-corrected chi connectivity index (χ0v) is 35.8. The van der Waals surface area contributed by atoms with E-state index in [0.29, 0.717) is 5.56 Å². The Morgan fingerprint density at radius 2 is 1.51 bits per heavy atom. The molecule has 1 amide bonds. The fourth-order valence-electron chi connectivity index (χ4n) is 9.80. The van der Waals surface area contributed by atoms with Crippen LogP contribution in [0.4, 0.5) is 4.79 Å². The third kappa shape index (κ3) is 7.94. The van der Waals surface area contributed by atoms with Gasteiger partial charge >= 0.3 is 30.0 Å². The fourth-order valence-corrected chi connectivity index (χ4v) is 9.80. The molecule has 3 aliphatic carbocycles. The second-order valence-electron chi connectivity index (χ2n) is 18.2. The first-order valence-electron chi connectivity index (χ1n) is 20.2. The molecule has 1 heterocycles. The van der Waals surface area contributed by atoms with E-state index in [4.69, 9.17) is 28.4 Å². The Morgan fingerprint density at radius 3 is 2.05 bits per heavy atom. The van der Waals surface area contributed by atoms with Crippen LogP contribution in [0.3, 0.4) is 0 Å². The van der Waals surface area contributed by atoms with Crippen molar-refractivity contribution in [3.8, 4) is 0 Å². The van der Waals surface area contributed by atoms with Crippen molar-refractivity contribution in [3.63, 3.8) is 0 Å². The molecule has 61 heavy (non-hydrogen) atoms. The molecule has 0 spiro atoms. The molecular formula is C45H55NO15. The van der Waals surface area contributed by atoms with Gasteiger partial charge < -0.3 is 49.1 Å². The molecule has 4 N–H and O–H groups in total. The second-order valence-corrected chi connectivity index (χ2v) is 18.2. The number of aliphatic hydroxyl groups excluding tert-OH is 2. The van der Waals surface area contributed by atoms with E-state index in [1.54, 1.807) is 83.1 Å². The van der Waals surface area contributed by atoms with Crippen LogP contribution in [0.1, 0.15) is 97.1 Å². The van der Waals surface area contributed by atoms with Crippen molar-refractivity contribution < 1.29 is 72.5 Å². The number of carbonyl (C=O) groups excluding carboxylic acids is 6. The number of fused-ring (bicyclic) bond motifs is 5. The van der Waals surface area contributed by atoms with E-state index in [1.165, 1.54) is 26.0 Å². The van der Waals surface area contributed by atoms with Crippen molar-refractivity contribution in [3.05, 3.63) is 82.9 Å². The number of hydrogen-bond acceptors (Lipinski definition) is 15. The molecule has 1 aliphatic heterocycles. The van der Waals surface area contributed by atoms with Gasteiger partial charge in [0, 0.05) is 32.1 Å². The predicted octanol–water partition coefficient (Wildman–Crippen LogP) is 3.83. The number of benzene rings is 2. The van der Waals surface area contributed by atoms with Crippen LogP contribution in [0.2, 0.25) is 0 Å². The molecular weight excluding hydrogens is 794 g/mol. The van der Waals surface area contributed by atoms with Crippen molar-refractivity contribution in [2.75, 3.05) is 6.61 Å². The van der Waals surface area contributed by atoms with E-state index in [0.717, 1.165) is 13.8 Å². The van der Waals surface area contributed by atoms with Gasteiger partial charge in [0.05, 0.1) is 35.6 Å². The summed E-state index contributed by atoms with van der Waals surface area (Å²) in [6.07, 6.45) is -11.5. The van der Waals surface area contributed by atoms with E-state index >= 15 is 4.79 Å². The molecule has 2 aromatic rings. The minimum atomic E-state index is -2.40. The summed E-state index contributed by atoms with van der Waals surface area (Å²) in [5.74, 6) is -6.30. The van der Waals surface area contributed by atoms with Crippen molar-refractivity contribution in [1.82, 2.24) is 5.32 Å². The normalized spacial score (nSPS) is 32.5. The molecule has 2 aromatic carbocycles. The number of amides is 1. The summed E-state index contributed by atoms with van der Waals surface area (Å²) >= 11 is 0. The van der Waals surface area contributed by atoms with Crippen molar-refractivity contribution in [2.24, 2.45) is 16.7 Å². The van der Waals surface area contributed by atoms with Gasteiger partial charge in [-0.3, -0.25) is 14.4 Å². The van der Waals surface area contributed by atoms with Crippen molar-refractivity contribution in [1.29, 1.82) is 0 Å². The quantitative estimate of drug-likeness (QED) is 0.160. The predicted molar refractivity (Wildman–Crippen MR) is 213 cm³/mol. The second kappa shape index (κ2) is 16.3. The summed E-state index contributed by atoms with van der Waals surface area (Å²) in [5, 5.41) is 39.9. The Bertz CT molecular complexity index is 2100. The third-order valence-corrected chi connectivity index (χ3v) is 12.8. The highest BCUT2D eigenvalue weighted by atomic mass is 16.6. The molecule has 1 saturated heterocycles. The lowest BCUT2D eigenvalue weighted by Crippen LogP contribution is -2.82. The lowest BCUT2D eigenvalue weighted by atomic mass is 9.44. The van der Waals surface area contributed by atoms with Crippen molar-refractivity contribution in [2.45, 2.75) is 135 Å².